The van der Waals surface area contributed by atoms with Crippen molar-refractivity contribution < 1.29 is 9.59 Å². The van der Waals surface area contributed by atoms with Gasteiger partial charge in [-0.3, -0.25) is 9.59 Å². The molecule has 2 amide bonds. The Morgan fingerprint density at radius 1 is 1.27 bits per heavy atom. The van der Waals surface area contributed by atoms with Gasteiger partial charge in [0.2, 0.25) is 11.8 Å². The number of rotatable bonds is 5. The first-order valence-electron chi connectivity index (χ1n) is 9.79. The third kappa shape index (κ3) is 4.09. The highest BCUT2D eigenvalue weighted by atomic mass is 16.2. The SMILES string of the molecule is CC(C)c1ccc(N2CCC(C(=O)NCC3(C)CCNCC3)C2=O)cc1. The number of amides is 2. The van der Waals surface area contributed by atoms with Crippen LogP contribution in [0.4, 0.5) is 5.69 Å². The molecule has 5 heteroatoms. The standard InChI is InChI=1S/C21H31N3O2/c1-15(2)16-4-6-17(7-5-16)24-13-8-18(20(24)26)19(25)23-14-21(3)9-11-22-12-10-21/h4-7,15,18,22H,8-14H2,1-3H3,(H,23,25). The van der Waals surface area contributed by atoms with Crippen LogP contribution in [0, 0.1) is 11.3 Å². The Bertz CT molecular complexity index is 648. The lowest BCUT2D eigenvalue weighted by atomic mass is 9.81. The Balaban J connectivity index is 1.58. The largest absolute Gasteiger partial charge is 0.355 e. The highest BCUT2D eigenvalue weighted by Gasteiger charge is 2.38. The van der Waals surface area contributed by atoms with E-state index in [1.807, 2.05) is 12.1 Å². The first-order chi connectivity index (χ1) is 12.4. The van der Waals surface area contributed by atoms with Crippen LogP contribution in [0.15, 0.2) is 24.3 Å². The Hall–Kier alpha value is -1.88. The predicted octanol–water partition coefficient (Wildman–Crippen LogP) is 2.67. The fraction of sp³-hybridized carbons (Fsp3) is 0.619. The normalized spacial score (nSPS) is 22.7. The number of hydrogen-bond donors (Lipinski definition) is 2. The third-order valence-corrected chi connectivity index (χ3v) is 5.89. The maximum absolute atomic E-state index is 12.8. The maximum Gasteiger partial charge on any atom is 0.239 e. The summed E-state index contributed by atoms with van der Waals surface area (Å²) in [5.74, 6) is -0.274. The van der Waals surface area contributed by atoms with Gasteiger partial charge >= 0.3 is 0 Å². The topological polar surface area (TPSA) is 61.4 Å². The van der Waals surface area contributed by atoms with E-state index in [1.54, 1.807) is 4.90 Å². The molecule has 2 saturated heterocycles. The number of nitrogens with zero attached hydrogens (tertiary/aromatic N) is 1. The number of benzene rings is 1. The van der Waals surface area contributed by atoms with Gasteiger partial charge in [-0.1, -0.05) is 32.9 Å². The van der Waals surface area contributed by atoms with E-state index in [4.69, 9.17) is 0 Å². The van der Waals surface area contributed by atoms with Crippen LogP contribution < -0.4 is 15.5 Å². The second-order valence-electron chi connectivity index (χ2n) is 8.36. The number of anilines is 1. The minimum Gasteiger partial charge on any atom is -0.355 e. The summed E-state index contributed by atoms with van der Waals surface area (Å²) in [5, 5.41) is 6.40. The highest BCUT2D eigenvalue weighted by Crippen LogP contribution is 2.29. The molecule has 0 radical (unpaired) electrons. The van der Waals surface area contributed by atoms with E-state index in [-0.39, 0.29) is 17.2 Å². The molecule has 1 unspecified atom stereocenters. The molecule has 2 heterocycles. The van der Waals surface area contributed by atoms with Crippen molar-refractivity contribution in [3.63, 3.8) is 0 Å². The fourth-order valence-electron chi connectivity index (χ4n) is 3.85. The van der Waals surface area contributed by atoms with Gasteiger partial charge in [-0.05, 0) is 61.4 Å². The quantitative estimate of drug-likeness (QED) is 0.797. The van der Waals surface area contributed by atoms with Crippen LogP contribution in [-0.2, 0) is 9.59 Å². The van der Waals surface area contributed by atoms with Crippen molar-refractivity contribution >= 4 is 17.5 Å². The van der Waals surface area contributed by atoms with Crippen LogP contribution in [0.3, 0.4) is 0 Å². The van der Waals surface area contributed by atoms with Crippen LogP contribution in [0.5, 0.6) is 0 Å². The van der Waals surface area contributed by atoms with Crippen molar-refractivity contribution in [2.75, 3.05) is 31.1 Å². The first kappa shape index (κ1) is 18.9. The van der Waals surface area contributed by atoms with Crippen molar-refractivity contribution in [1.82, 2.24) is 10.6 Å². The lowest BCUT2D eigenvalue weighted by molar-refractivity contribution is -0.132. The van der Waals surface area contributed by atoms with E-state index in [9.17, 15) is 9.59 Å². The molecular formula is C21H31N3O2. The van der Waals surface area contributed by atoms with Crippen molar-refractivity contribution in [3.05, 3.63) is 29.8 Å². The average molecular weight is 357 g/mol. The molecule has 3 rings (SSSR count). The summed E-state index contributed by atoms with van der Waals surface area (Å²) in [6, 6.07) is 8.12. The molecule has 0 spiro atoms. The first-order valence-corrected chi connectivity index (χ1v) is 9.79. The number of hydrogen-bond acceptors (Lipinski definition) is 3. The average Bonchev–Trinajstić information content (AvgIpc) is 3.02. The molecule has 26 heavy (non-hydrogen) atoms. The summed E-state index contributed by atoms with van der Waals surface area (Å²) in [6.45, 7) is 9.77. The Kier molecular flexibility index (Phi) is 5.66. The zero-order chi connectivity index (χ0) is 18.7. The monoisotopic (exact) mass is 357 g/mol. The summed E-state index contributed by atoms with van der Waals surface area (Å²) < 4.78 is 0. The third-order valence-electron chi connectivity index (χ3n) is 5.89. The highest BCUT2D eigenvalue weighted by molar-refractivity contribution is 6.09. The van der Waals surface area contributed by atoms with Crippen molar-refractivity contribution in [2.24, 2.45) is 11.3 Å². The molecule has 2 fully saturated rings. The van der Waals surface area contributed by atoms with Gasteiger partial charge in [0.15, 0.2) is 0 Å². The Morgan fingerprint density at radius 3 is 2.54 bits per heavy atom. The van der Waals surface area contributed by atoms with Crippen molar-refractivity contribution in [2.45, 2.75) is 46.0 Å². The molecule has 0 bridgehead atoms. The summed E-state index contributed by atoms with van der Waals surface area (Å²) in [5.41, 5.74) is 2.28. The van der Waals surface area contributed by atoms with Gasteiger partial charge in [0.1, 0.15) is 5.92 Å². The molecule has 5 nitrogen and oxygen atoms in total. The molecule has 0 aliphatic carbocycles. The van der Waals surface area contributed by atoms with Crippen molar-refractivity contribution in [3.8, 4) is 0 Å². The Morgan fingerprint density at radius 2 is 1.92 bits per heavy atom. The van der Waals surface area contributed by atoms with Gasteiger partial charge < -0.3 is 15.5 Å². The number of carbonyl (C=O) groups excluding carboxylic acids is 2. The molecule has 0 aromatic heterocycles. The summed E-state index contributed by atoms with van der Waals surface area (Å²) in [7, 11) is 0. The molecule has 2 aliphatic rings. The van der Waals surface area contributed by atoms with E-state index < -0.39 is 5.92 Å². The molecule has 0 saturated carbocycles. The minimum atomic E-state index is -0.551. The summed E-state index contributed by atoms with van der Waals surface area (Å²) in [6.07, 6.45) is 2.70. The molecule has 1 aromatic carbocycles. The van der Waals surface area contributed by atoms with Gasteiger partial charge in [-0.2, -0.15) is 0 Å². The lowest BCUT2D eigenvalue weighted by Gasteiger charge is -2.34. The second-order valence-corrected chi connectivity index (χ2v) is 8.36. The number of nitrogens with one attached hydrogen (secondary N) is 2. The summed E-state index contributed by atoms with van der Waals surface area (Å²) in [4.78, 5) is 27.1. The van der Waals surface area contributed by atoms with Gasteiger partial charge in [0, 0.05) is 18.8 Å². The Labute approximate surface area is 156 Å². The van der Waals surface area contributed by atoms with Gasteiger partial charge in [-0.15, -0.1) is 0 Å². The molecule has 2 N–H and O–H groups in total. The molecular weight excluding hydrogens is 326 g/mol. The minimum absolute atomic E-state index is 0.0738. The van der Waals surface area contributed by atoms with Crippen molar-refractivity contribution in [1.29, 1.82) is 0 Å². The molecule has 2 aliphatic heterocycles. The van der Waals surface area contributed by atoms with Crippen LogP contribution in [0.2, 0.25) is 0 Å². The zero-order valence-corrected chi connectivity index (χ0v) is 16.2. The lowest BCUT2D eigenvalue weighted by Crippen LogP contribution is -2.45. The second kappa shape index (κ2) is 7.78. The maximum atomic E-state index is 12.8. The van der Waals surface area contributed by atoms with E-state index in [1.165, 1.54) is 5.56 Å². The summed E-state index contributed by atoms with van der Waals surface area (Å²) >= 11 is 0. The number of piperidine rings is 1. The predicted molar refractivity (Wildman–Crippen MR) is 104 cm³/mol. The number of carbonyl (C=O) groups is 2. The fourth-order valence-corrected chi connectivity index (χ4v) is 3.85. The van der Waals surface area contributed by atoms with Crippen LogP contribution in [0.25, 0.3) is 0 Å². The van der Waals surface area contributed by atoms with E-state index in [0.717, 1.165) is 31.6 Å². The van der Waals surface area contributed by atoms with Gasteiger partial charge in [0.05, 0.1) is 0 Å². The van der Waals surface area contributed by atoms with Gasteiger partial charge in [0.25, 0.3) is 0 Å². The zero-order valence-electron chi connectivity index (χ0n) is 16.2. The molecule has 1 aromatic rings. The van der Waals surface area contributed by atoms with E-state index >= 15 is 0 Å². The van der Waals surface area contributed by atoms with E-state index in [2.05, 4.69) is 43.5 Å². The van der Waals surface area contributed by atoms with Crippen LogP contribution in [-0.4, -0.2) is 38.0 Å². The smallest absolute Gasteiger partial charge is 0.239 e. The van der Waals surface area contributed by atoms with Gasteiger partial charge in [-0.25, -0.2) is 0 Å². The molecule has 142 valence electrons. The molecule has 1 atom stereocenters. The van der Waals surface area contributed by atoms with Crippen LogP contribution >= 0.6 is 0 Å². The van der Waals surface area contributed by atoms with Crippen LogP contribution in [0.1, 0.15) is 51.5 Å². The van der Waals surface area contributed by atoms with E-state index in [0.29, 0.717) is 25.4 Å².